The van der Waals surface area contributed by atoms with Gasteiger partial charge >= 0.3 is 5.97 Å². The van der Waals surface area contributed by atoms with Gasteiger partial charge in [0.15, 0.2) is 0 Å². The van der Waals surface area contributed by atoms with Gasteiger partial charge in [-0.15, -0.1) is 11.8 Å². The van der Waals surface area contributed by atoms with E-state index in [2.05, 4.69) is 11.8 Å². The molecule has 2 unspecified atom stereocenters. The van der Waals surface area contributed by atoms with Crippen molar-refractivity contribution in [3.8, 4) is 0 Å². The van der Waals surface area contributed by atoms with E-state index in [-0.39, 0.29) is 17.7 Å². The van der Waals surface area contributed by atoms with Gasteiger partial charge in [-0.1, -0.05) is 13.8 Å². The number of thioether (sulfide) groups is 1. The first-order valence-corrected chi connectivity index (χ1v) is 11.9. The normalized spacial score (nSPS) is 21.1. The third-order valence-corrected chi connectivity index (χ3v) is 7.24. The molecule has 1 aromatic heterocycles. The molecular formula is C22H33N3O3S. The molecule has 2 atom stereocenters. The van der Waals surface area contributed by atoms with Crippen LogP contribution in [0.2, 0.25) is 0 Å². The van der Waals surface area contributed by atoms with Gasteiger partial charge in [0.05, 0.1) is 11.5 Å². The van der Waals surface area contributed by atoms with Crippen LogP contribution in [-0.2, 0) is 4.79 Å². The fourth-order valence-corrected chi connectivity index (χ4v) is 5.04. The fraction of sp³-hybridized carbons (Fsp3) is 0.682. The zero-order valence-electron chi connectivity index (χ0n) is 17.6. The number of carbonyl (C=O) groups is 2. The van der Waals surface area contributed by atoms with Crippen molar-refractivity contribution in [2.24, 2.45) is 11.8 Å². The average Bonchev–Trinajstić information content (AvgIpc) is 2.77. The maximum atomic E-state index is 13.1. The standard InChI is InChI=1S/C22H33N3O3S/c1-3-14-29-20-18(21(26)24-11-5-4-6-12-24)9-10-19(23-20)25-13-7-8-17(15-25)16(2)22(27)28/h9-10,16-17H,3-8,11-15H2,1-2H3,(H,27,28). The number of hydrogen-bond acceptors (Lipinski definition) is 5. The van der Waals surface area contributed by atoms with E-state index in [4.69, 9.17) is 4.98 Å². The molecule has 1 N–H and O–H groups in total. The molecule has 29 heavy (non-hydrogen) atoms. The van der Waals surface area contributed by atoms with E-state index in [1.807, 2.05) is 17.0 Å². The summed E-state index contributed by atoms with van der Waals surface area (Å²) in [4.78, 5) is 33.5. The van der Waals surface area contributed by atoms with E-state index in [0.717, 1.165) is 68.3 Å². The van der Waals surface area contributed by atoms with Crippen LogP contribution in [0.4, 0.5) is 5.82 Å². The summed E-state index contributed by atoms with van der Waals surface area (Å²) in [6, 6.07) is 3.88. The van der Waals surface area contributed by atoms with Gasteiger partial charge in [-0.25, -0.2) is 4.98 Å². The number of carboxylic acids is 1. The highest BCUT2D eigenvalue weighted by Crippen LogP contribution is 2.31. The lowest BCUT2D eigenvalue weighted by Gasteiger charge is -2.35. The van der Waals surface area contributed by atoms with E-state index in [1.54, 1.807) is 18.7 Å². The van der Waals surface area contributed by atoms with Crippen LogP contribution in [0, 0.1) is 11.8 Å². The summed E-state index contributed by atoms with van der Waals surface area (Å²) in [6.07, 6.45) is 6.28. The lowest BCUT2D eigenvalue weighted by molar-refractivity contribution is -0.143. The first kappa shape index (κ1) is 21.9. The molecule has 0 spiro atoms. The number of anilines is 1. The van der Waals surface area contributed by atoms with Crippen LogP contribution in [0.3, 0.4) is 0 Å². The van der Waals surface area contributed by atoms with E-state index in [0.29, 0.717) is 12.1 Å². The Morgan fingerprint density at radius 1 is 1.21 bits per heavy atom. The lowest BCUT2D eigenvalue weighted by Crippen LogP contribution is -2.40. The van der Waals surface area contributed by atoms with E-state index < -0.39 is 5.97 Å². The Bertz CT molecular complexity index is 721. The molecule has 0 bridgehead atoms. The minimum atomic E-state index is -0.730. The van der Waals surface area contributed by atoms with Gasteiger partial charge in [-0.2, -0.15) is 0 Å². The minimum Gasteiger partial charge on any atom is -0.481 e. The summed E-state index contributed by atoms with van der Waals surface area (Å²) in [6.45, 7) is 7.18. The van der Waals surface area contributed by atoms with Crippen molar-refractivity contribution in [2.45, 2.75) is 57.4 Å². The maximum absolute atomic E-state index is 13.1. The molecule has 2 aliphatic heterocycles. The molecule has 6 nitrogen and oxygen atoms in total. The van der Waals surface area contributed by atoms with Crippen LogP contribution in [-0.4, -0.2) is 58.8 Å². The highest BCUT2D eigenvalue weighted by atomic mass is 32.2. The number of carbonyl (C=O) groups excluding carboxylic acids is 1. The van der Waals surface area contributed by atoms with Gasteiger partial charge in [0.1, 0.15) is 10.8 Å². The largest absolute Gasteiger partial charge is 0.481 e. The van der Waals surface area contributed by atoms with Gasteiger partial charge in [0.2, 0.25) is 0 Å². The molecule has 7 heteroatoms. The van der Waals surface area contributed by atoms with Crippen molar-refractivity contribution in [3.63, 3.8) is 0 Å². The van der Waals surface area contributed by atoms with Crippen LogP contribution in [0.15, 0.2) is 17.2 Å². The smallest absolute Gasteiger partial charge is 0.306 e. The number of carboxylic acid groups (broad SMARTS) is 1. The third-order valence-electron chi connectivity index (χ3n) is 6.04. The summed E-state index contributed by atoms with van der Waals surface area (Å²) in [5.74, 6) is 0.928. The highest BCUT2D eigenvalue weighted by Gasteiger charge is 2.30. The van der Waals surface area contributed by atoms with Crippen molar-refractivity contribution in [1.82, 2.24) is 9.88 Å². The molecular weight excluding hydrogens is 386 g/mol. The molecule has 1 aromatic rings. The number of aliphatic carboxylic acids is 1. The number of hydrogen-bond donors (Lipinski definition) is 1. The Morgan fingerprint density at radius 3 is 2.66 bits per heavy atom. The van der Waals surface area contributed by atoms with Gasteiger partial charge in [0, 0.05) is 26.2 Å². The van der Waals surface area contributed by atoms with Crippen molar-refractivity contribution in [3.05, 3.63) is 17.7 Å². The number of likely N-dealkylation sites (tertiary alicyclic amines) is 1. The summed E-state index contributed by atoms with van der Waals surface area (Å²) in [5, 5.41) is 10.2. The van der Waals surface area contributed by atoms with Crippen molar-refractivity contribution < 1.29 is 14.7 Å². The van der Waals surface area contributed by atoms with Crippen LogP contribution >= 0.6 is 11.8 Å². The fourth-order valence-electron chi connectivity index (χ4n) is 4.17. The Hall–Kier alpha value is -1.76. The third kappa shape index (κ3) is 5.44. The van der Waals surface area contributed by atoms with Gasteiger partial charge in [-0.05, 0) is 62.3 Å². The van der Waals surface area contributed by atoms with Crippen LogP contribution in [0.5, 0.6) is 0 Å². The van der Waals surface area contributed by atoms with E-state index in [9.17, 15) is 14.7 Å². The average molecular weight is 420 g/mol. The zero-order valence-corrected chi connectivity index (χ0v) is 18.4. The Labute approximate surface area is 178 Å². The van der Waals surface area contributed by atoms with E-state index >= 15 is 0 Å². The molecule has 2 aliphatic rings. The first-order valence-electron chi connectivity index (χ1n) is 10.9. The summed E-state index contributed by atoms with van der Waals surface area (Å²) in [5.41, 5.74) is 0.710. The Morgan fingerprint density at radius 2 is 1.97 bits per heavy atom. The Balaban J connectivity index is 1.81. The second-order valence-corrected chi connectivity index (χ2v) is 9.28. The highest BCUT2D eigenvalue weighted by molar-refractivity contribution is 7.99. The maximum Gasteiger partial charge on any atom is 0.306 e. The quantitative estimate of drug-likeness (QED) is 0.670. The number of piperidine rings is 2. The summed E-state index contributed by atoms with van der Waals surface area (Å²) < 4.78 is 0. The number of amides is 1. The molecule has 0 aromatic carbocycles. The molecule has 1 amide bonds. The number of nitrogens with zero attached hydrogens (tertiary/aromatic N) is 3. The van der Waals surface area contributed by atoms with Gasteiger partial charge in [0.25, 0.3) is 5.91 Å². The lowest BCUT2D eigenvalue weighted by atomic mass is 9.86. The molecule has 0 aliphatic carbocycles. The monoisotopic (exact) mass is 419 g/mol. The molecule has 3 rings (SSSR count). The number of pyridine rings is 1. The predicted molar refractivity (Wildman–Crippen MR) is 117 cm³/mol. The molecule has 160 valence electrons. The molecule has 2 saturated heterocycles. The predicted octanol–water partition coefficient (Wildman–Crippen LogP) is 4.15. The summed E-state index contributed by atoms with van der Waals surface area (Å²) in [7, 11) is 0. The second-order valence-electron chi connectivity index (χ2n) is 8.20. The van der Waals surface area contributed by atoms with Crippen molar-refractivity contribution in [1.29, 1.82) is 0 Å². The molecule has 0 radical (unpaired) electrons. The van der Waals surface area contributed by atoms with E-state index in [1.165, 1.54) is 6.42 Å². The van der Waals surface area contributed by atoms with Crippen LogP contribution in [0.1, 0.15) is 62.7 Å². The van der Waals surface area contributed by atoms with Gasteiger partial charge in [-0.3, -0.25) is 9.59 Å². The van der Waals surface area contributed by atoms with Crippen LogP contribution in [0.25, 0.3) is 0 Å². The van der Waals surface area contributed by atoms with Crippen molar-refractivity contribution in [2.75, 3.05) is 36.8 Å². The number of aromatic nitrogens is 1. The minimum absolute atomic E-state index is 0.0957. The number of rotatable bonds is 7. The van der Waals surface area contributed by atoms with Gasteiger partial charge < -0.3 is 14.9 Å². The summed E-state index contributed by atoms with van der Waals surface area (Å²) >= 11 is 1.65. The SMILES string of the molecule is CCCSc1nc(N2CCCC(C(C)C(=O)O)C2)ccc1C(=O)N1CCCCC1. The zero-order chi connectivity index (χ0) is 20.8. The molecule has 3 heterocycles. The van der Waals surface area contributed by atoms with Crippen LogP contribution < -0.4 is 4.90 Å². The molecule has 0 saturated carbocycles. The molecule has 2 fully saturated rings. The topological polar surface area (TPSA) is 73.7 Å². The van der Waals surface area contributed by atoms with Crippen molar-refractivity contribution >= 4 is 29.5 Å². The Kier molecular flexibility index (Phi) is 7.81. The second kappa shape index (κ2) is 10.3. The first-order chi connectivity index (χ1) is 14.0.